The second-order valence-corrected chi connectivity index (χ2v) is 6.61. The molecule has 2 N–H and O–H groups in total. The Morgan fingerprint density at radius 1 is 1.10 bits per heavy atom. The fourth-order valence-electron chi connectivity index (χ4n) is 1.83. The number of carbonyl (C=O) groups is 2. The molecule has 0 radical (unpaired) electrons. The van der Waals surface area contributed by atoms with Gasteiger partial charge in [-0.25, -0.2) is 0 Å². The standard InChI is InChI=1S/C16H24N2O2S/c1-11(2)14(16(20)17-4)18-15(19)12(3)21-10-13-8-6-5-7-9-13/h5-9,11-12,14H,10H2,1-4H3,(H,17,20)(H,18,19)/t12-,14+/m0/s1. The number of likely N-dealkylation sites (N-methyl/N-ethyl adjacent to an activating group) is 1. The van der Waals surface area contributed by atoms with Gasteiger partial charge in [0.25, 0.3) is 0 Å². The lowest BCUT2D eigenvalue weighted by atomic mass is 10.0. The molecule has 0 saturated carbocycles. The van der Waals surface area contributed by atoms with Gasteiger partial charge in [-0.05, 0) is 18.4 Å². The molecule has 0 heterocycles. The molecular formula is C16H24N2O2S. The van der Waals surface area contributed by atoms with Crippen LogP contribution in [0.3, 0.4) is 0 Å². The predicted octanol–water partition coefficient (Wildman–Crippen LogP) is 2.20. The Morgan fingerprint density at radius 2 is 1.71 bits per heavy atom. The van der Waals surface area contributed by atoms with Gasteiger partial charge in [-0.3, -0.25) is 9.59 Å². The molecule has 2 atom stereocenters. The van der Waals surface area contributed by atoms with Gasteiger partial charge in [0.15, 0.2) is 0 Å². The molecule has 1 rings (SSSR count). The van der Waals surface area contributed by atoms with Gasteiger partial charge in [-0.15, -0.1) is 11.8 Å². The molecule has 1 aromatic rings. The average molecular weight is 308 g/mol. The quantitative estimate of drug-likeness (QED) is 0.812. The predicted molar refractivity (Wildman–Crippen MR) is 88.0 cm³/mol. The summed E-state index contributed by atoms with van der Waals surface area (Å²) >= 11 is 1.57. The van der Waals surface area contributed by atoms with Gasteiger partial charge in [0.2, 0.25) is 11.8 Å². The van der Waals surface area contributed by atoms with E-state index in [1.165, 1.54) is 5.56 Å². The number of carbonyl (C=O) groups excluding carboxylic acids is 2. The van der Waals surface area contributed by atoms with Gasteiger partial charge in [0.05, 0.1) is 5.25 Å². The molecule has 2 amide bonds. The van der Waals surface area contributed by atoms with Crippen LogP contribution in [0.2, 0.25) is 0 Å². The smallest absolute Gasteiger partial charge is 0.242 e. The average Bonchev–Trinajstić information content (AvgIpc) is 2.49. The van der Waals surface area contributed by atoms with Crippen LogP contribution in [0.4, 0.5) is 0 Å². The lowest BCUT2D eigenvalue weighted by Crippen LogP contribution is -2.50. The highest BCUT2D eigenvalue weighted by Crippen LogP contribution is 2.18. The van der Waals surface area contributed by atoms with Crippen LogP contribution in [0, 0.1) is 5.92 Å². The SMILES string of the molecule is CNC(=O)[C@H](NC(=O)[C@H](C)SCc1ccccc1)C(C)C. The Labute approximate surface area is 131 Å². The third-order valence-corrected chi connectivity index (χ3v) is 4.42. The number of nitrogens with one attached hydrogen (secondary N) is 2. The first-order chi connectivity index (χ1) is 9.95. The Kier molecular flexibility index (Phi) is 7.29. The highest BCUT2D eigenvalue weighted by molar-refractivity contribution is 7.99. The van der Waals surface area contributed by atoms with Crippen LogP contribution in [0.5, 0.6) is 0 Å². The summed E-state index contributed by atoms with van der Waals surface area (Å²) in [5.41, 5.74) is 1.19. The van der Waals surface area contributed by atoms with Crippen molar-refractivity contribution in [3.8, 4) is 0 Å². The maximum absolute atomic E-state index is 12.2. The summed E-state index contributed by atoms with van der Waals surface area (Å²) in [4.78, 5) is 23.9. The van der Waals surface area contributed by atoms with E-state index in [2.05, 4.69) is 10.6 Å². The lowest BCUT2D eigenvalue weighted by Gasteiger charge is -2.22. The molecule has 0 fully saturated rings. The molecule has 4 nitrogen and oxygen atoms in total. The van der Waals surface area contributed by atoms with Crippen LogP contribution in [0.25, 0.3) is 0 Å². The number of thioether (sulfide) groups is 1. The van der Waals surface area contributed by atoms with E-state index in [0.717, 1.165) is 5.75 Å². The molecule has 21 heavy (non-hydrogen) atoms. The molecule has 1 aromatic carbocycles. The van der Waals surface area contributed by atoms with E-state index in [0.29, 0.717) is 0 Å². The van der Waals surface area contributed by atoms with Crippen LogP contribution in [0.1, 0.15) is 26.3 Å². The summed E-state index contributed by atoms with van der Waals surface area (Å²) in [7, 11) is 1.58. The molecule has 5 heteroatoms. The second-order valence-electron chi connectivity index (χ2n) is 5.28. The first-order valence-electron chi connectivity index (χ1n) is 7.13. The van der Waals surface area contributed by atoms with Crippen molar-refractivity contribution < 1.29 is 9.59 Å². The Balaban J connectivity index is 2.51. The number of rotatable bonds is 7. The first-order valence-corrected chi connectivity index (χ1v) is 8.18. The van der Waals surface area contributed by atoms with E-state index in [4.69, 9.17) is 0 Å². The second kappa shape index (κ2) is 8.72. The van der Waals surface area contributed by atoms with Crippen molar-refractivity contribution in [1.82, 2.24) is 10.6 Å². The fourth-order valence-corrected chi connectivity index (χ4v) is 2.69. The minimum atomic E-state index is -0.484. The molecule has 0 bridgehead atoms. The van der Waals surface area contributed by atoms with Crippen molar-refractivity contribution in [1.29, 1.82) is 0 Å². The highest BCUT2D eigenvalue weighted by atomic mass is 32.2. The first kappa shape index (κ1) is 17.6. The van der Waals surface area contributed by atoms with Gasteiger partial charge in [0.1, 0.15) is 6.04 Å². The minimum Gasteiger partial charge on any atom is -0.357 e. The largest absolute Gasteiger partial charge is 0.357 e. The molecule has 0 unspecified atom stereocenters. The van der Waals surface area contributed by atoms with E-state index < -0.39 is 6.04 Å². The number of hydrogen-bond acceptors (Lipinski definition) is 3. The summed E-state index contributed by atoms with van der Waals surface area (Å²) in [6, 6.07) is 9.54. The lowest BCUT2D eigenvalue weighted by molar-refractivity contribution is -0.129. The fraction of sp³-hybridized carbons (Fsp3) is 0.500. The van der Waals surface area contributed by atoms with Crippen LogP contribution in [-0.2, 0) is 15.3 Å². The molecule has 0 aliphatic rings. The van der Waals surface area contributed by atoms with Crippen LogP contribution in [0.15, 0.2) is 30.3 Å². The molecule has 0 spiro atoms. The van der Waals surface area contributed by atoms with Crippen LogP contribution >= 0.6 is 11.8 Å². The Hall–Kier alpha value is -1.49. The van der Waals surface area contributed by atoms with Gasteiger partial charge in [0, 0.05) is 12.8 Å². The highest BCUT2D eigenvalue weighted by Gasteiger charge is 2.25. The summed E-state index contributed by atoms with van der Waals surface area (Å²) in [6.45, 7) is 5.70. The van der Waals surface area contributed by atoms with Crippen molar-refractivity contribution in [2.75, 3.05) is 7.05 Å². The summed E-state index contributed by atoms with van der Waals surface area (Å²) < 4.78 is 0. The van der Waals surface area contributed by atoms with Crippen molar-refractivity contribution >= 4 is 23.6 Å². The topological polar surface area (TPSA) is 58.2 Å². The van der Waals surface area contributed by atoms with Crippen LogP contribution in [-0.4, -0.2) is 30.2 Å². The van der Waals surface area contributed by atoms with Crippen LogP contribution < -0.4 is 10.6 Å². The zero-order valence-electron chi connectivity index (χ0n) is 13.1. The minimum absolute atomic E-state index is 0.0558. The molecule has 0 saturated heterocycles. The van der Waals surface area contributed by atoms with E-state index in [1.807, 2.05) is 51.1 Å². The van der Waals surface area contributed by atoms with E-state index in [9.17, 15) is 9.59 Å². The maximum atomic E-state index is 12.2. The number of amides is 2. The summed E-state index contributed by atoms with van der Waals surface area (Å²) in [5, 5.41) is 5.22. The molecule has 116 valence electrons. The van der Waals surface area contributed by atoms with Gasteiger partial charge in [-0.2, -0.15) is 0 Å². The van der Waals surface area contributed by atoms with E-state index in [-0.39, 0.29) is 23.0 Å². The van der Waals surface area contributed by atoms with Gasteiger partial charge < -0.3 is 10.6 Å². The third-order valence-electron chi connectivity index (χ3n) is 3.21. The molecule has 0 aromatic heterocycles. The Bertz CT molecular complexity index is 463. The Morgan fingerprint density at radius 3 is 2.24 bits per heavy atom. The maximum Gasteiger partial charge on any atom is 0.242 e. The zero-order chi connectivity index (χ0) is 15.8. The van der Waals surface area contributed by atoms with Crippen molar-refractivity contribution in [2.24, 2.45) is 5.92 Å². The third kappa shape index (κ3) is 5.79. The zero-order valence-corrected chi connectivity index (χ0v) is 13.9. The monoisotopic (exact) mass is 308 g/mol. The van der Waals surface area contributed by atoms with Crippen molar-refractivity contribution in [2.45, 2.75) is 37.8 Å². The van der Waals surface area contributed by atoms with Gasteiger partial charge in [-0.1, -0.05) is 44.2 Å². The normalized spacial score (nSPS) is 13.6. The van der Waals surface area contributed by atoms with Crippen molar-refractivity contribution in [3.05, 3.63) is 35.9 Å². The van der Waals surface area contributed by atoms with E-state index >= 15 is 0 Å². The molecule has 0 aliphatic heterocycles. The molecule has 0 aliphatic carbocycles. The number of hydrogen-bond donors (Lipinski definition) is 2. The molecular weight excluding hydrogens is 284 g/mol. The van der Waals surface area contributed by atoms with Gasteiger partial charge >= 0.3 is 0 Å². The summed E-state index contributed by atoms with van der Waals surface area (Å²) in [5.74, 6) is 0.582. The van der Waals surface area contributed by atoms with Crippen molar-refractivity contribution in [3.63, 3.8) is 0 Å². The number of benzene rings is 1. The van der Waals surface area contributed by atoms with E-state index in [1.54, 1.807) is 18.8 Å². The summed E-state index contributed by atoms with van der Waals surface area (Å²) in [6.07, 6.45) is 0.